The second kappa shape index (κ2) is 7.21. The predicted octanol–water partition coefficient (Wildman–Crippen LogP) is 1.33. The molecule has 0 bridgehead atoms. The van der Waals surface area contributed by atoms with Crippen LogP contribution in [0.15, 0.2) is 34.9 Å². The first-order chi connectivity index (χ1) is 11.2. The molecule has 0 aliphatic carbocycles. The van der Waals surface area contributed by atoms with Gasteiger partial charge >= 0.3 is 0 Å². The Morgan fingerprint density at radius 1 is 1.30 bits per heavy atom. The fourth-order valence-corrected chi connectivity index (χ4v) is 2.96. The Labute approximate surface area is 136 Å². The lowest BCUT2D eigenvalue weighted by Gasteiger charge is -2.40. The molecule has 1 N–H and O–H groups in total. The maximum Gasteiger partial charge on any atom is 0.243 e. The lowest BCUT2D eigenvalue weighted by Crippen LogP contribution is -2.53. The molecule has 0 spiro atoms. The SMILES string of the molecule is CC(c1nc(Cc2ccccc2)no1)N1CCN(C)C(CO)C1. The van der Waals surface area contributed by atoms with Crippen molar-refractivity contribution in [3.05, 3.63) is 47.6 Å². The zero-order chi connectivity index (χ0) is 16.2. The van der Waals surface area contributed by atoms with Gasteiger partial charge in [0.05, 0.1) is 12.6 Å². The van der Waals surface area contributed by atoms with Gasteiger partial charge < -0.3 is 9.63 Å². The first-order valence-electron chi connectivity index (χ1n) is 8.09. The Morgan fingerprint density at radius 2 is 2.09 bits per heavy atom. The molecule has 1 aliphatic rings. The Bertz CT molecular complexity index is 616. The molecule has 2 unspecified atom stereocenters. The molecule has 2 atom stereocenters. The number of likely N-dealkylation sites (N-methyl/N-ethyl adjacent to an activating group) is 1. The van der Waals surface area contributed by atoms with E-state index < -0.39 is 0 Å². The molecule has 0 amide bonds. The average Bonchev–Trinajstić information content (AvgIpc) is 3.04. The number of aliphatic hydroxyl groups excluding tert-OH is 1. The molecule has 23 heavy (non-hydrogen) atoms. The van der Waals surface area contributed by atoms with Crippen LogP contribution < -0.4 is 0 Å². The van der Waals surface area contributed by atoms with Crippen LogP contribution in [0.2, 0.25) is 0 Å². The second-order valence-corrected chi connectivity index (χ2v) is 6.20. The van der Waals surface area contributed by atoms with Crippen LogP contribution in [0.4, 0.5) is 0 Å². The number of hydrogen-bond acceptors (Lipinski definition) is 6. The number of aromatic nitrogens is 2. The van der Waals surface area contributed by atoms with Gasteiger partial charge in [-0.05, 0) is 19.5 Å². The van der Waals surface area contributed by atoms with Gasteiger partial charge in [0.15, 0.2) is 5.82 Å². The Hall–Kier alpha value is -1.76. The van der Waals surface area contributed by atoms with Crippen molar-refractivity contribution in [1.82, 2.24) is 19.9 Å². The van der Waals surface area contributed by atoms with Crippen molar-refractivity contribution in [2.24, 2.45) is 0 Å². The first kappa shape index (κ1) is 16.1. The minimum atomic E-state index is 0.0646. The lowest BCUT2D eigenvalue weighted by atomic mass is 10.1. The molecule has 0 radical (unpaired) electrons. The third-order valence-corrected chi connectivity index (χ3v) is 4.61. The van der Waals surface area contributed by atoms with E-state index in [1.807, 2.05) is 25.2 Å². The van der Waals surface area contributed by atoms with Crippen LogP contribution in [0.1, 0.15) is 30.2 Å². The molecular weight excluding hydrogens is 292 g/mol. The van der Waals surface area contributed by atoms with Crippen LogP contribution in [0, 0.1) is 0 Å². The average molecular weight is 316 g/mol. The van der Waals surface area contributed by atoms with Crippen molar-refractivity contribution in [3.63, 3.8) is 0 Å². The molecule has 1 aromatic heterocycles. The summed E-state index contributed by atoms with van der Waals surface area (Å²) in [5.74, 6) is 1.36. The minimum Gasteiger partial charge on any atom is -0.395 e. The van der Waals surface area contributed by atoms with Gasteiger partial charge in [0.25, 0.3) is 0 Å². The minimum absolute atomic E-state index is 0.0646. The highest BCUT2D eigenvalue weighted by atomic mass is 16.5. The van der Waals surface area contributed by atoms with E-state index in [1.165, 1.54) is 5.56 Å². The first-order valence-corrected chi connectivity index (χ1v) is 8.09. The van der Waals surface area contributed by atoms with Gasteiger partial charge in [-0.15, -0.1) is 0 Å². The molecule has 1 aliphatic heterocycles. The van der Waals surface area contributed by atoms with Gasteiger partial charge in [-0.2, -0.15) is 4.98 Å². The van der Waals surface area contributed by atoms with Gasteiger partial charge in [0.1, 0.15) is 0 Å². The van der Waals surface area contributed by atoms with E-state index in [-0.39, 0.29) is 18.7 Å². The van der Waals surface area contributed by atoms with E-state index in [0.29, 0.717) is 18.1 Å². The van der Waals surface area contributed by atoms with E-state index >= 15 is 0 Å². The molecule has 2 heterocycles. The zero-order valence-corrected chi connectivity index (χ0v) is 13.7. The van der Waals surface area contributed by atoms with Crippen molar-refractivity contribution in [1.29, 1.82) is 0 Å². The summed E-state index contributed by atoms with van der Waals surface area (Å²) in [4.78, 5) is 9.04. The third-order valence-electron chi connectivity index (χ3n) is 4.61. The van der Waals surface area contributed by atoms with Gasteiger partial charge in [-0.25, -0.2) is 0 Å². The largest absolute Gasteiger partial charge is 0.395 e. The van der Waals surface area contributed by atoms with Gasteiger partial charge in [-0.3, -0.25) is 9.80 Å². The number of benzene rings is 1. The predicted molar refractivity (Wildman–Crippen MR) is 87.0 cm³/mol. The highest BCUT2D eigenvalue weighted by molar-refractivity contribution is 5.18. The Kier molecular flexibility index (Phi) is 5.05. The summed E-state index contributed by atoms with van der Waals surface area (Å²) >= 11 is 0. The molecule has 3 rings (SSSR count). The van der Waals surface area contributed by atoms with Gasteiger partial charge in [0.2, 0.25) is 5.89 Å². The molecule has 6 heteroatoms. The van der Waals surface area contributed by atoms with Gasteiger partial charge in [-0.1, -0.05) is 35.5 Å². The summed E-state index contributed by atoms with van der Waals surface area (Å²) in [7, 11) is 2.05. The molecule has 1 fully saturated rings. The topological polar surface area (TPSA) is 65.6 Å². The summed E-state index contributed by atoms with van der Waals surface area (Å²) in [6.45, 7) is 4.93. The maximum absolute atomic E-state index is 9.48. The second-order valence-electron chi connectivity index (χ2n) is 6.20. The smallest absolute Gasteiger partial charge is 0.243 e. The maximum atomic E-state index is 9.48. The molecule has 1 aromatic carbocycles. The van der Waals surface area contributed by atoms with Crippen molar-refractivity contribution in [2.75, 3.05) is 33.3 Å². The van der Waals surface area contributed by atoms with E-state index in [1.54, 1.807) is 0 Å². The molecule has 0 saturated carbocycles. The van der Waals surface area contributed by atoms with Crippen LogP contribution in [0.5, 0.6) is 0 Å². The van der Waals surface area contributed by atoms with E-state index in [9.17, 15) is 5.11 Å². The number of piperazine rings is 1. The fourth-order valence-electron chi connectivity index (χ4n) is 2.96. The highest BCUT2D eigenvalue weighted by Gasteiger charge is 2.29. The summed E-state index contributed by atoms with van der Waals surface area (Å²) in [6.07, 6.45) is 0.680. The summed E-state index contributed by atoms with van der Waals surface area (Å²) in [6, 6.07) is 10.4. The fraction of sp³-hybridized carbons (Fsp3) is 0.529. The van der Waals surface area contributed by atoms with Crippen molar-refractivity contribution in [2.45, 2.75) is 25.4 Å². The summed E-state index contributed by atoms with van der Waals surface area (Å²) in [5, 5.41) is 13.6. The lowest BCUT2D eigenvalue weighted by molar-refractivity contribution is 0.0316. The van der Waals surface area contributed by atoms with Crippen molar-refractivity contribution >= 4 is 0 Å². The summed E-state index contributed by atoms with van der Waals surface area (Å²) < 4.78 is 5.47. The molecule has 6 nitrogen and oxygen atoms in total. The Balaban J connectivity index is 1.65. The Morgan fingerprint density at radius 3 is 2.83 bits per heavy atom. The van der Waals surface area contributed by atoms with Crippen LogP contribution in [-0.2, 0) is 6.42 Å². The van der Waals surface area contributed by atoms with Crippen LogP contribution in [0.3, 0.4) is 0 Å². The van der Waals surface area contributed by atoms with Crippen molar-refractivity contribution < 1.29 is 9.63 Å². The number of hydrogen-bond donors (Lipinski definition) is 1. The van der Waals surface area contributed by atoms with E-state index in [2.05, 4.69) is 39.0 Å². The highest BCUT2D eigenvalue weighted by Crippen LogP contribution is 2.22. The zero-order valence-electron chi connectivity index (χ0n) is 13.7. The number of aliphatic hydroxyl groups is 1. The number of nitrogens with zero attached hydrogens (tertiary/aromatic N) is 4. The van der Waals surface area contributed by atoms with Crippen LogP contribution >= 0.6 is 0 Å². The van der Waals surface area contributed by atoms with Crippen molar-refractivity contribution in [3.8, 4) is 0 Å². The van der Waals surface area contributed by atoms with E-state index in [4.69, 9.17) is 4.52 Å². The molecule has 2 aromatic rings. The summed E-state index contributed by atoms with van der Waals surface area (Å²) in [5.41, 5.74) is 1.17. The van der Waals surface area contributed by atoms with Crippen LogP contribution in [-0.4, -0.2) is 64.4 Å². The normalized spacial score (nSPS) is 21.4. The van der Waals surface area contributed by atoms with Crippen LogP contribution in [0.25, 0.3) is 0 Å². The molecule has 1 saturated heterocycles. The third kappa shape index (κ3) is 3.77. The number of rotatable bonds is 5. The van der Waals surface area contributed by atoms with E-state index in [0.717, 1.165) is 19.6 Å². The molecule has 124 valence electrons. The standard InChI is InChI=1S/C17H24N4O2/c1-13(21-9-8-20(2)15(11-21)12-22)17-18-16(19-23-17)10-14-6-4-3-5-7-14/h3-7,13,15,22H,8-12H2,1-2H3. The quantitative estimate of drug-likeness (QED) is 0.898. The molecular formula is C17H24N4O2. The monoisotopic (exact) mass is 316 g/mol. The van der Waals surface area contributed by atoms with Gasteiger partial charge in [0, 0.05) is 32.1 Å².